The first-order valence-electron chi connectivity index (χ1n) is 5.32. The second-order valence-corrected chi connectivity index (χ2v) is 3.88. The lowest BCUT2D eigenvalue weighted by Gasteiger charge is -1.88. The summed E-state index contributed by atoms with van der Waals surface area (Å²) in [7, 11) is 0. The van der Waals surface area contributed by atoms with Crippen molar-refractivity contribution in [3.63, 3.8) is 0 Å². The highest BCUT2D eigenvalue weighted by Gasteiger charge is 1.82. The molecule has 2 heteroatoms. The molecule has 0 N–H and O–H groups in total. The zero-order chi connectivity index (χ0) is 10.8. The fourth-order valence-corrected chi connectivity index (χ4v) is 1.09. The quantitative estimate of drug-likeness (QED) is 0.582. The molecular weight excluding hydrogens is 190 g/mol. The number of rotatable bonds is 3. The van der Waals surface area contributed by atoms with Gasteiger partial charge in [-0.2, -0.15) is 0 Å². The van der Waals surface area contributed by atoms with Crippen molar-refractivity contribution < 1.29 is 0 Å². The number of aryl methyl sites for hydroxylation is 1. The first-order valence-corrected chi connectivity index (χ1v) is 5.77. The zero-order valence-corrected chi connectivity index (χ0v) is 10.3. The lowest BCUT2D eigenvalue weighted by atomic mass is 10.2. The van der Waals surface area contributed by atoms with Crippen LogP contribution in [0.2, 0.25) is 0 Å². The number of hydrogen-bond donors (Lipinski definition) is 1. The summed E-state index contributed by atoms with van der Waals surface area (Å²) in [5.41, 5.74) is 1.03. The van der Waals surface area contributed by atoms with Crippen LogP contribution in [0, 0.1) is 6.92 Å². The van der Waals surface area contributed by atoms with Gasteiger partial charge in [0, 0.05) is 16.8 Å². The van der Waals surface area contributed by atoms with Gasteiger partial charge in [0.15, 0.2) is 0 Å². The zero-order valence-electron chi connectivity index (χ0n) is 9.45. The van der Waals surface area contributed by atoms with Crippen LogP contribution in [0.5, 0.6) is 0 Å². The van der Waals surface area contributed by atoms with E-state index in [1.807, 2.05) is 19.1 Å². The van der Waals surface area contributed by atoms with Gasteiger partial charge in [0.2, 0.25) is 0 Å². The molecule has 1 heterocycles. The first-order chi connectivity index (χ1) is 6.70. The maximum Gasteiger partial charge on any atom is 0.0404 e. The van der Waals surface area contributed by atoms with Crippen LogP contribution < -0.4 is 0 Å². The number of hydrogen-bond acceptors (Lipinski definition) is 2. The van der Waals surface area contributed by atoms with Crippen molar-refractivity contribution in [1.82, 2.24) is 4.98 Å². The predicted octanol–water partition coefficient (Wildman–Crippen LogP) is 4.27. The third kappa shape index (κ3) is 8.11. The SMILES string of the molecule is CCCCCC.Cc1ccc(S)cn1. The molecule has 0 radical (unpaired) electrons. The van der Waals surface area contributed by atoms with E-state index in [0.717, 1.165) is 10.6 Å². The Morgan fingerprint density at radius 1 is 1.14 bits per heavy atom. The normalized spacial score (nSPS) is 9.14. The predicted molar refractivity (Wildman–Crippen MR) is 66.0 cm³/mol. The van der Waals surface area contributed by atoms with Gasteiger partial charge in [-0.05, 0) is 19.1 Å². The molecule has 1 nitrogen and oxygen atoms in total. The Morgan fingerprint density at radius 3 is 2.00 bits per heavy atom. The van der Waals surface area contributed by atoms with E-state index in [2.05, 4.69) is 31.5 Å². The summed E-state index contributed by atoms with van der Waals surface area (Å²) in [6.07, 6.45) is 7.27. The molecule has 80 valence electrons. The molecular formula is C12H21NS. The Hall–Kier alpha value is -0.500. The molecule has 0 atom stereocenters. The average Bonchev–Trinajstić information content (AvgIpc) is 2.20. The van der Waals surface area contributed by atoms with Gasteiger partial charge in [0.05, 0.1) is 0 Å². The highest BCUT2D eigenvalue weighted by molar-refractivity contribution is 7.80. The molecule has 0 aliphatic carbocycles. The molecule has 1 rings (SSSR count). The molecule has 1 aromatic heterocycles. The minimum absolute atomic E-state index is 0.913. The second kappa shape index (κ2) is 9.07. The van der Waals surface area contributed by atoms with E-state index in [-0.39, 0.29) is 0 Å². The van der Waals surface area contributed by atoms with Crippen molar-refractivity contribution in [2.24, 2.45) is 0 Å². The summed E-state index contributed by atoms with van der Waals surface area (Å²) < 4.78 is 0. The molecule has 0 bridgehead atoms. The standard InChI is InChI=1S/C6H7NS.C6H14/c1-5-2-3-6(8)4-7-5;1-3-5-6-4-2/h2-4,8H,1H3;3-6H2,1-2H3. The minimum Gasteiger partial charge on any atom is -0.260 e. The molecule has 0 fully saturated rings. The summed E-state index contributed by atoms with van der Waals surface area (Å²) in [5.74, 6) is 0. The Labute approximate surface area is 93.4 Å². The van der Waals surface area contributed by atoms with Crippen molar-refractivity contribution in [3.8, 4) is 0 Å². The number of pyridine rings is 1. The molecule has 0 aromatic carbocycles. The van der Waals surface area contributed by atoms with Gasteiger partial charge >= 0.3 is 0 Å². The van der Waals surface area contributed by atoms with Gasteiger partial charge in [-0.1, -0.05) is 39.5 Å². The van der Waals surface area contributed by atoms with Gasteiger partial charge < -0.3 is 0 Å². The van der Waals surface area contributed by atoms with Gasteiger partial charge in [-0.15, -0.1) is 12.6 Å². The number of aromatic nitrogens is 1. The van der Waals surface area contributed by atoms with Crippen LogP contribution in [0.3, 0.4) is 0 Å². The van der Waals surface area contributed by atoms with Crippen LogP contribution in [0.25, 0.3) is 0 Å². The molecule has 0 saturated heterocycles. The Kier molecular flexibility index (Phi) is 8.75. The van der Waals surface area contributed by atoms with E-state index >= 15 is 0 Å². The molecule has 0 spiro atoms. The summed E-state index contributed by atoms with van der Waals surface area (Å²) >= 11 is 4.07. The van der Waals surface area contributed by atoms with Gasteiger partial charge in [0.25, 0.3) is 0 Å². The van der Waals surface area contributed by atoms with E-state index in [1.54, 1.807) is 6.20 Å². The van der Waals surface area contributed by atoms with Crippen molar-refractivity contribution in [2.75, 3.05) is 0 Å². The van der Waals surface area contributed by atoms with Crippen LogP contribution in [-0.4, -0.2) is 4.98 Å². The Bertz CT molecular complexity index is 193. The van der Waals surface area contributed by atoms with E-state index in [1.165, 1.54) is 25.7 Å². The topological polar surface area (TPSA) is 12.9 Å². The van der Waals surface area contributed by atoms with E-state index in [9.17, 15) is 0 Å². The first kappa shape index (κ1) is 13.5. The Morgan fingerprint density at radius 2 is 1.71 bits per heavy atom. The summed E-state index contributed by atoms with van der Waals surface area (Å²) in [6.45, 7) is 6.42. The summed E-state index contributed by atoms with van der Waals surface area (Å²) in [5, 5.41) is 0. The van der Waals surface area contributed by atoms with E-state index < -0.39 is 0 Å². The summed E-state index contributed by atoms with van der Waals surface area (Å²) in [4.78, 5) is 4.91. The van der Waals surface area contributed by atoms with Crippen LogP contribution in [0.4, 0.5) is 0 Å². The monoisotopic (exact) mass is 211 g/mol. The number of unbranched alkanes of at least 4 members (excludes halogenated alkanes) is 3. The van der Waals surface area contributed by atoms with Crippen molar-refractivity contribution in [3.05, 3.63) is 24.0 Å². The lowest BCUT2D eigenvalue weighted by Crippen LogP contribution is -1.75. The third-order valence-electron chi connectivity index (χ3n) is 1.85. The largest absolute Gasteiger partial charge is 0.260 e. The van der Waals surface area contributed by atoms with Crippen molar-refractivity contribution in [1.29, 1.82) is 0 Å². The van der Waals surface area contributed by atoms with E-state index in [0.29, 0.717) is 0 Å². The van der Waals surface area contributed by atoms with Gasteiger partial charge in [-0.25, -0.2) is 0 Å². The lowest BCUT2D eigenvalue weighted by molar-refractivity contribution is 0.702. The number of nitrogens with zero attached hydrogens (tertiary/aromatic N) is 1. The molecule has 0 amide bonds. The van der Waals surface area contributed by atoms with Crippen LogP contribution in [0.15, 0.2) is 23.2 Å². The minimum atomic E-state index is 0.913. The average molecular weight is 211 g/mol. The second-order valence-electron chi connectivity index (χ2n) is 3.36. The summed E-state index contributed by atoms with van der Waals surface area (Å²) in [6, 6.07) is 3.85. The van der Waals surface area contributed by atoms with Gasteiger partial charge in [0.1, 0.15) is 0 Å². The number of thiol groups is 1. The van der Waals surface area contributed by atoms with Crippen molar-refractivity contribution >= 4 is 12.6 Å². The highest BCUT2D eigenvalue weighted by Crippen LogP contribution is 2.01. The Balaban J connectivity index is 0.000000255. The van der Waals surface area contributed by atoms with Crippen molar-refractivity contribution in [2.45, 2.75) is 51.3 Å². The van der Waals surface area contributed by atoms with Crippen LogP contribution in [-0.2, 0) is 0 Å². The maximum atomic E-state index is 4.07. The highest BCUT2D eigenvalue weighted by atomic mass is 32.1. The fraction of sp³-hybridized carbons (Fsp3) is 0.583. The van der Waals surface area contributed by atoms with E-state index in [4.69, 9.17) is 0 Å². The molecule has 0 unspecified atom stereocenters. The molecule has 0 saturated carbocycles. The fourth-order valence-electron chi connectivity index (χ4n) is 0.960. The molecule has 1 aromatic rings. The smallest absolute Gasteiger partial charge is 0.0404 e. The molecule has 0 aliphatic rings. The van der Waals surface area contributed by atoms with Crippen LogP contribution in [0.1, 0.15) is 45.2 Å². The van der Waals surface area contributed by atoms with Crippen LogP contribution >= 0.6 is 12.6 Å². The maximum absolute atomic E-state index is 4.07. The molecule has 14 heavy (non-hydrogen) atoms. The molecule has 0 aliphatic heterocycles. The van der Waals surface area contributed by atoms with Gasteiger partial charge in [-0.3, -0.25) is 4.98 Å². The third-order valence-corrected chi connectivity index (χ3v) is 2.12.